The standard InChI is InChI=1S/C15H22N2O3/c1-5-11(2)17(12(3)18)10-15(19)16-13-7-6-8-14(9-13)20-4/h6-9,11H,5,10H2,1-4H3,(H,16,19). The number of amides is 2. The van der Waals surface area contributed by atoms with E-state index in [1.165, 1.54) is 6.92 Å². The minimum Gasteiger partial charge on any atom is -0.497 e. The zero-order valence-electron chi connectivity index (χ0n) is 12.5. The van der Waals surface area contributed by atoms with Gasteiger partial charge in [-0.25, -0.2) is 0 Å². The molecule has 0 bridgehead atoms. The Labute approximate surface area is 119 Å². The molecule has 0 radical (unpaired) electrons. The highest BCUT2D eigenvalue weighted by Gasteiger charge is 2.18. The molecule has 1 aromatic rings. The average Bonchev–Trinajstić information content (AvgIpc) is 2.43. The van der Waals surface area contributed by atoms with Crippen LogP contribution in [-0.4, -0.2) is 36.4 Å². The molecule has 20 heavy (non-hydrogen) atoms. The Morgan fingerprint density at radius 1 is 1.40 bits per heavy atom. The van der Waals surface area contributed by atoms with Gasteiger partial charge in [-0.05, 0) is 25.5 Å². The lowest BCUT2D eigenvalue weighted by molar-refractivity contribution is -0.134. The number of carbonyl (C=O) groups is 2. The number of benzene rings is 1. The first kappa shape index (κ1) is 16.0. The Kier molecular flexibility index (Phi) is 6.03. The van der Waals surface area contributed by atoms with Gasteiger partial charge in [0.05, 0.1) is 7.11 Å². The molecule has 5 heteroatoms. The molecule has 1 rings (SSSR count). The van der Waals surface area contributed by atoms with E-state index in [0.717, 1.165) is 6.42 Å². The SMILES string of the molecule is CCC(C)N(CC(=O)Nc1cccc(OC)c1)C(C)=O. The number of rotatable bonds is 6. The second-order valence-electron chi connectivity index (χ2n) is 4.68. The van der Waals surface area contributed by atoms with Crippen molar-refractivity contribution in [3.63, 3.8) is 0 Å². The molecule has 2 amide bonds. The lowest BCUT2D eigenvalue weighted by Crippen LogP contribution is -2.42. The van der Waals surface area contributed by atoms with Crippen LogP contribution in [0, 0.1) is 0 Å². The third kappa shape index (κ3) is 4.57. The van der Waals surface area contributed by atoms with Crippen LogP contribution in [0.5, 0.6) is 5.75 Å². The van der Waals surface area contributed by atoms with Crippen molar-refractivity contribution in [1.82, 2.24) is 4.90 Å². The van der Waals surface area contributed by atoms with E-state index in [1.807, 2.05) is 13.8 Å². The van der Waals surface area contributed by atoms with E-state index >= 15 is 0 Å². The second kappa shape index (κ2) is 7.53. The summed E-state index contributed by atoms with van der Waals surface area (Å²) in [7, 11) is 1.57. The van der Waals surface area contributed by atoms with Gasteiger partial charge in [0.2, 0.25) is 11.8 Å². The molecule has 1 atom stereocenters. The van der Waals surface area contributed by atoms with Gasteiger partial charge in [0.1, 0.15) is 12.3 Å². The van der Waals surface area contributed by atoms with Crippen LogP contribution in [0.4, 0.5) is 5.69 Å². The zero-order valence-corrected chi connectivity index (χ0v) is 12.5. The van der Waals surface area contributed by atoms with Crippen molar-refractivity contribution in [2.24, 2.45) is 0 Å². The van der Waals surface area contributed by atoms with Crippen LogP contribution in [-0.2, 0) is 9.59 Å². The van der Waals surface area contributed by atoms with Crippen molar-refractivity contribution < 1.29 is 14.3 Å². The molecule has 0 aliphatic rings. The van der Waals surface area contributed by atoms with Crippen LogP contribution in [0.15, 0.2) is 24.3 Å². The summed E-state index contributed by atoms with van der Waals surface area (Å²) in [5.41, 5.74) is 0.655. The molecule has 1 N–H and O–H groups in total. The van der Waals surface area contributed by atoms with E-state index in [4.69, 9.17) is 4.74 Å². The maximum absolute atomic E-state index is 12.0. The Morgan fingerprint density at radius 2 is 2.10 bits per heavy atom. The highest BCUT2D eigenvalue weighted by Crippen LogP contribution is 2.16. The molecule has 0 aliphatic heterocycles. The monoisotopic (exact) mass is 278 g/mol. The first-order chi connectivity index (χ1) is 9.47. The van der Waals surface area contributed by atoms with Crippen molar-refractivity contribution in [3.8, 4) is 5.75 Å². The van der Waals surface area contributed by atoms with Crippen molar-refractivity contribution in [2.75, 3.05) is 19.0 Å². The lowest BCUT2D eigenvalue weighted by Gasteiger charge is -2.26. The van der Waals surface area contributed by atoms with Crippen LogP contribution in [0.25, 0.3) is 0 Å². The number of carbonyl (C=O) groups excluding carboxylic acids is 2. The summed E-state index contributed by atoms with van der Waals surface area (Å²) in [5, 5.41) is 2.77. The Balaban J connectivity index is 2.68. The molecule has 1 unspecified atom stereocenters. The molecule has 0 saturated heterocycles. The first-order valence-electron chi connectivity index (χ1n) is 6.69. The molecule has 0 saturated carbocycles. The van der Waals surface area contributed by atoms with Gasteiger partial charge in [0, 0.05) is 24.7 Å². The predicted octanol–water partition coefficient (Wildman–Crippen LogP) is 2.28. The Bertz CT molecular complexity index is 474. The van der Waals surface area contributed by atoms with Gasteiger partial charge < -0.3 is 15.0 Å². The van der Waals surface area contributed by atoms with Gasteiger partial charge >= 0.3 is 0 Å². The normalized spacial score (nSPS) is 11.6. The lowest BCUT2D eigenvalue weighted by atomic mass is 10.2. The van der Waals surface area contributed by atoms with E-state index in [2.05, 4.69) is 5.32 Å². The van der Waals surface area contributed by atoms with E-state index in [-0.39, 0.29) is 24.4 Å². The minimum absolute atomic E-state index is 0.0450. The summed E-state index contributed by atoms with van der Waals surface area (Å²) in [4.78, 5) is 25.1. The van der Waals surface area contributed by atoms with E-state index in [1.54, 1.807) is 36.3 Å². The maximum atomic E-state index is 12.0. The summed E-state index contributed by atoms with van der Waals surface area (Å²) in [6.07, 6.45) is 0.812. The van der Waals surface area contributed by atoms with Gasteiger partial charge in [-0.3, -0.25) is 9.59 Å². The number of anilines is 1. The van der Waals surface area contributed by atoms with E-state index < -0.39 is 0 Å². The quantitative estimate of drug-likeness (QED) is 0.868. The topological polar surface area (TPSA) is 58.6 Å². The molecular formula is C15H22N2O3. The molecule has 0 fully saturated rings. The van der Waals surface area contributed by atoms with Crippen LogP contribution < -0.4 is 10.1 Å². The van der Waals surface area contributed by atoms with Gasteiger partial charge in [-0.1, -0.05) is 13.0 Å². The zero-order chi connectivity index (χ0) is 15.1. The number of nitrogens with zero attached hydrogens (tertiary/aromatic N) is 1. The maximum Gasteiger partial charge on any atom is 0.244 e. The van der Waals surface area contributed by atoms with Gasteiger partial charge in [-0.15, -0.1) is 0 Å². The van der Waals surface area contributed by atoms with E-state index in [0.29, 0.717) is 11.4 Å². The van der Waals surface area contributed by atoms with E-state index in [9.17, 15) is 9.59 Å². The minimum atomic E-state index is -0.214. The fraction of sp³-hybridized carbons (Fsp3) is 0.467. The summed E-state index contributed by atoms with van der Waals surface area (Å²) >= 11 is 0. The summed E-state index contributed by atoms with van der Waals surface area (Å²) in [5.74, 6) is 0.363. The van der Waals surface area contributed by atoms with Crippen LogP contribution in [0.2, 0.25) is 0 Å². The third-order valence-electron chi connectivity index (χ3n) is 3.19. The Morgan fingerprint density at radius 3 is 2.65 bits per heavy atom. The highest BCUT2D eigenvalue weighted by molar-refractivity contribution is 5.94. The summed E-state index contributed by atoms with van der Waals surface area (Å²) in [6.45, 7) is 5.45. The van der Waals surface area contributed by atoms with Crippen LogP contribution in [0.3, 0.4) is 0 Å². The Hall–Kier alpha value is -2.04. The molecule has 1 aromatic carbocycles. The van der Waals surface area contributed by atoms with Crippen molar-refractivity contribution in [3.05, 3.63) is 24.3 Å². The van der Waals surface area contributed by atoms with Crippen molar-refractivity contribution in [2.45, 2.75) is 33.2 Å². The van der Waals surface area contributed by atoms with Crippen molar-refractivity contribution in [1.29, 1.82) is 0 Å². The third-order valence-corrected chi connectivity index (χ3v) is 3.19. The van der Waals surface area contributed by atoms with Crippen LogP contribution in [0.1, 0.15) is 27.2 Å². The fourth-order valence-electron chi connectivity index (χ4n) is 1.85. The second-order valence-corrected chi connectivity index (χ2v) is 4.68. The van der Waals surface area contributed by atoms with Gasteiger partial charge in [-0.2, -0.15) is 0 Å². The number of hydrogen-bond acceptors (Lipinski definition) is 3. The molecule has 0 aromatic heterocycles. The number of nitrogens with one attached hydrogen (secondary N) is 1. The first-order valence-corrected chi connectivity index (χ1v) is 6.69. The molecule has 0 aliphatic carbocycles. The number of ether oxygens (including phenoxy) is 1. The smallest absolute Gasteiger partial charge is 0.244 e. The predicted molar refractivity (Wildman–Crippen MR) is 78.8 cm³/mol. The number of methoxy groups -OCH3 is 1. The van der Waals surface area contributed by atoms with Crippen molar-refractivity contribution >= 4 is 17.5 Å². The average molecular weight is 278 g/mol. The largest absolute Gasteiger partial charge is 0.497 e. The highest BCUT2D eigenvalue weighted by atomic mass is 16.5. The van der Waals surface area contributed by atoms with Crippen LogP contribution >= 0.6 is 0 Å². The number of hydrogen-bond donors (Lipinski definition) is 1. The van der Waals surface area contributed by atoms with Gasteiger partial charge in [0.15, 0.2) is 0 Å². The summed E-state index contributed by atoms with van der Waals surface area (Å²) in [6, 6.07) is 7.16. The fourth-order valence-corrected chi connectivity index (χ4v) is 1.85. The molecule has 0 heterocycles. The molecule has 110 valence electrons. The molecule has 0 spiro atoms. The summed E-state index contributed by atoms with van der Waals surface area (Å²) < 4.78 is 5.10. The molecule has 5 nitrogen and oxygen atoms in total. The van der Waals surface area contributed by atoms with Gasteiger partial charge in [0.25, 0.3) is 0 Å². The molecular weight excluding hydrogens is 256 g/mol.